The monoisotopic (exact) mass is 253 g/mol. The Balaban J connectivity index is 2.28. The van der Waals surface area contributed by atoms with Gasteiger partial charge in [0.1, 0.15) is 0 Å². The van der Waals surface area contributed by atoms with Crippen molar-refractivity contribution in [2.75, 3.05) is 27.3 Å². The Morgan fingerprint density at radius 2 is 2.33 bits per heavy atom. The molecule has 0 aliphatic carbocycles. The Labute approximate surface area is 109 Å². The molecule has 0 unspecified atom stereocenters. The zero-order chi connectivity index (χ0) is 13.2. The van der Waals surface area contributed by atoms with Gasteiger partial charge in [0.05, 0.1) is 6.61 Å². The van der Waals surface area contributed by atoms with E-state index in [4.69, 9.17) is 4.74 Å². The number of aromatic nitrogens is 1. The molecule has 0 bridgehead atoms. The van der Waals surface area contributed by atoms with Gasteiger partial charge in [-0.1, -0.05) is 0 Å². The molecule has 1 rings (SSSR count). The van der Waals surface area contributed by atoms with Gasteiger partial charge < -0.3 is 19.9 Å². The molecule has 0 spiro atoms. The fourth-order valence-corrected chi connectivity index (χ4v) is 1.75. The van der Waals surface area contributed by atoms with Crippen molar-refractivity contribution in [3.8, 4) is 0 Å². The van der Waals surface area contributed by atoms with Gasteiger partial charge in [-0.15, -0.1) is 0 Å². The first-order chi connectivity index (χ1) is 8.77. The molecule has 0 aliphatic rings. The molecule has 0 saturated carbocycles. The minimum absolute atomic E-state index is 0.0990. The number of nitrogens with zero attached hydrogens (tertiary/aromatic N) is 1. The van der Waals surface area contributed by atoms with Crippen LogP contribution in [0.3, 0.4) is 0 Å². The Kier molecular flexibility index (Phi) is 7.13. The van der Waals surface area contributed by atoms with Gasteiger partial charge in [0, 0.05) is 52.1 Å². The van der Waals surface area contributed by atoms with Crippen LogP contribution in [0.5, 0.6) is 0 Å². The summed E-state index contributed by atoms with van der Waals surface area (Å²) in [6, 6.07) is 4.13. The topological polar surface area (TPSA) is 55.3 Å². The first kappa shape index (κ1) is 14.7. The first-order valence-corrected chi connectivity index (χ1v) is 6.32. The highest BCUT2D eigenvalue weighted by Crippen LogP contribution is 2.04. The molecule has 1 aromatic heterocycles. The summed E-state index contributed by atoms with van der Waals surface area (Å²) in [4.78, 5) is 11.1. The second-order valence-corrected chi connectivity index (χ2v) is 4.14. The second kappa shape index (κ2) is 8.72. The van der Waals surface area contributed by atoms with Gasteiger partial charge >= 0.3 is 0 Å². The van der Waals surface area contributed by atoms with Crippen LogP contribution in [0, 0.1) is 0 Å². The third-order valence-electron chi connectivity index (χ3n) is 2.79. The van der Waals surface area contributed by atoms with Crippen LogP contribution in [0.15, 0.2) is 18.3 Å². The van der Waals surface area contributed by atoms with E-state index in [1.54, 1.807) is 14.2 Å². The summed E-state index contributed by atoms with van der Waals surface area (Å²) in [6.07, 6.45) is 3.49. The minimum atomic E-state index is 0.0990. The van der Waals surface area contributed by atoms with E-state index in [0.717, 1.165) is 32.7 Å². The number of amides is 1. The van der Waals surface area contributed by atoms with Crippen molar-refractivity contribution in [2.24, 2.45) is 0 Å². The molecule has 0 aromatic carbocycles. The average Bonchev–Trinajstić information content (AvgIpc) is 2.82. The molecule has 0 atom stereocenters. The van der Waals surface area contributed by atoms with E-state index >= 15 is 0 Å². The summed E-state index contributed by atoms with van der Waals surface area (Å²) < 4.78 is 7.16. The van der Waals surface area contributed by atoms with Crippen LogP contribution in [-0.4, -0.2) is 37.8 Å². The standard InChI is InChI=1S/C13H23N3O2/c1-14-13(17)6-4-9-16-8-3-5-12(16)11-15-7-10-18-2/h3,5,8,15H,4,6-7,9-11H2,1-2H3,(H,14,17). The van der Waals surface area contributed by atoms with Crippen LogP contribution in [0.25, 0.3) is 0 Å². The maximum absolute atomic E-state index is 11.1. The molecule has 1 amide bonds. The summed E-state index contributed by atoms with van der Waals surface area (Å²) >= 11 is 0. The molecule has 1 aromatic rings. The molecule has 1 heterocycles. The third-order valence-corrected chi connectivity index (χ3v) is 2.79. The van der Waals surface area contributed by atoms with E-state index in [-0.39, 0.29) is 5.91 Å². The van der Waals surface area contributed by atoms with E-state index in [1.165, 1.54) is 5.69 Å². The van der Waals surface area contributed by atoms with Crippen LogP contribution in [0.4, 0.5) is 0 Å². The van der Waals surface area contributed by atoms with Gasteiger partial charge in [-0.2, -0.15) is 0 Å². The number of rotatable bonds is 9. The number of hydrogen-bond acceptors (Lipinski definition) is 3. The predicted molar refractivity (Wildman–Crippen MR) is 71.3 cm³/mol. The Hall–Kier alpha value is -1.33. The van der Waals surface area contributed by atoms with E-state index in [0.29, 0.717) is 6.42 Å². The van der Waals surface area contributed by atoms with Crippen molar-refractivity contribution in [1.29, 1.82) is 0 Å². The van der Waals surface area contributed by atoms with Crippen molar-refractivity contribution >= 4 is 5.91 Å². The first-order valence-electron chi connectivity index (χ1n) is 6.32. The molecule has 0 radical (unpaired) electrons. The highest BCUT2D eigenvalue weighted by atomic mass is 16.5. The number of nitrogens with one attached hydrogen (secondary N) is 2. The number of methoxy groups -OCH3 is 1. The Morgan fingerprint density at radius 1 is 1.50 bits per heavy atom. The number of hydrogen-bond donors (Lipinski definition) is 2. The summed E-state index contributed by atoms with van der Waals surface area (Å²) in [6.45, 7) is 3.27. The van der Waals surface area contributed by atoms with Gasteiger partial charge in [0.25, 0.3) is 0 Å². The van der Waals surface area contributed by atoms with Crippen molar-refractivity contribution in [3.05, 3.63) is 24.0 Å². The van der Waals surface area contributed by atoms with Crippen LogP contribution < -0.4 is 10.6 Å². The number of carbonyl (C=O) groups excluding carboxylic acids is 1. The molecule has 0 fully saturated rings. The van der Waals surface area contributed by atoms with E-state index in [1.807, 2.05) is 6.07 Å². The quantitative estimate of drug-likeness (QED) is 0.639. The van der Waals surface area contributed by atoms with E-state index in [2.05, 4.69) is 27.5 Å². The third kappa shape index (κ3) is 5.33. The van der Waals surface area contributed by atoms with Crippen LogP contribution in [-0.2, 0) is 22.6 Å². The zero-order valence-electron chi connectivity index (χ0n) is 11.2. The lowest BCUT2D eigenvalue weighted by Gasteiger charge is -2.10. The summed E-state index contributed by atoms with van der Waals surface area (Å²) in [7, 11) is 3.37. The maximum Gasteiger partial charge on any atom is 0.219 e. The lowest BCUT2D eigenvalue weighted by molar-refractivity contribution is -0.120. The summed E-state index contributed by atoms with van der Waals surface area (Å²) in [5, 5.41) is 5.95. The van der Waals surface area contributed by atoms with Crippen molar-refractivity contribution < 1.29 is 9.53 Å². The van der Waals surface area contributed by atoms with E-state index < -0.39 is 0 Å². The molecule has 102 valence electrons. The van der Waals surface area contributed by atoms with Crippen LogP contribution in [0.2, 0.25) is 0 Å². The molecule has 5 nitrogen and oxygen atoms in total. The average molecular weight is 253 g/mol. The van der Waals surface area contributed by atoms with Crippen molar-refractivity contribution in [1.82, 2.24) is 15.2 Å². The van der Waals surface area contributed by atoms with Crippen molar-refractivity contribution in [3.63, 3.8) is 0 Å². The van der Waals surface area contributed by atoms with Crippen molar-refractivity contribution in [2.45, 2.75) is 25.9 Å². The van der Waals surface area contributed by atoms with Gasteiger partial charge in [-0.05, 0) is 18.6 Å². The number of aryl methyl sites for hydroxylation is 1. The Bertz CT molecular complexity index is 350. The molecular weight excluding hydrogens is 230 g/mol. The Morgan fingerprint density at radius 3 is 3.06 bits per heavy atom. The van der Waals surface area contributed by atoms with Crippen LogP contribution >= 0.6 is 0 Å². The number of ether oxygens (including phenoxy) is 1. The number of carbonyl (C=O) groups is 1. The molecule has 2 N–H and O–H groups in total. The largest absolute Gasteiger partial charge is 0.383 e. The molecule has 0 saturated heterocycles. The van der Waals surface area contributed by atoms with E-state index in [9.17, 15) is 4.79 Å². The van der Waals surface area contributed by atoms with Crippen LogP contribution in [0.1, 0.15) is 18.5 Å². The van der Waals surface area contributed by atoms with Gasteiger partial charge in [-0.3, -0.25) is 4.79 Å². The second-order valence-electron chi connectivity index (χ2n) is 4.14. The smallest absolute Gasteiger partial charge is 0.219 e. The molecule has 18 heavy (non-hydrogen) atoms. The SMILES string of the molecule is CNC(=O)CCCn1cccc1CNCCOC. The molecular formula is C13H23N3O2. The van der Waals surface area contributed by atoms with Gasteiger partial charge in [-0.25, -0.2) is 0 Å². The lowest BCUT2D eigenvalue weighted by Crippen LogP contribution is -2.21. The highest BCUT2D eigenvalue weighted by molar-refractivity contribution is 5.75. The highest BCUT2D eigenvalue weighted by Gasteiger charge is 2.02. The summed E-state index contributed by atoms with van der Waals surface area (Å²) in [5.74, 6) is 0.0990. The maximum atomic E-state index is 11.1. The predicted octanol–water partition coefficient (Wildman–Crippen LogP) is 0.750. The fraction of sp³-hybridized carbons (Fsp3) is 0.615. The van der Waals surface area contributed by atoms with Gasteiger partial charge in [0.15, 0.2) is 0 Å². The lowest BCUT2D eigenvalue weighted by atomic mass is 10.3. The zero-order valence-corrected chi connectivity index (χ0v) is 11.2. The molecule has 5 heteroatoms. The molecule has 0 aliphatic heterocycles. The fourth-order valence-electron chi connectivity index (χ4n) is 1.75. The summed E-state index contributed by atoms with van der Waals surface area (Å²) in [5.41, 5.74) is 1.24. The normalized spacial score (nSPS) is 10.6. The van der Waals surface area contributed by atoms with Gasteiger partial charge in [0.2, 0.25) is 5.91 Å². The minimum Gasteiger partial charge on any atom is -0.383 e.